The Hall–Kier alpha value is -0.330. The van der Waals surface area contributed by atoms with Crippen molar-refractivity contribution in [1.82, 2.24) is 4.98 Å². The van der Waals surface area contributed by atoms with Crippen LogP contribution in [0.4, 0.5) is 11.4 Å². The van der Waals surface area contributed by atoms with Crippen LogP contribution in [0.2, 0.25) is 0 Å². The fourth-order valence-corrected chi connectivity index (χ4v) is 3.11. The van der Waals surface area contributed by atoms with Crippen LogP contribution >= 0.6 is 0 Å². The molecule has 0 unspecified atom stereocenters. The first-order chi connectivity index (χ1) is 11.7. The van der Waals surface area contributed by atoms with Crippen molar-refractivity contribution in [2.75, 3.05) is 36.1 Å². The summed E-state index contributed by atoms with van der Waals surface area (Å²) in [6, 6.07) is 2.24. The molecule has 0 radical (unpaired) electrons. The SMILES string of the molecule is CC.CC(C)c1ncc(N2CC[N-]CC2)cc1N1OC(C)(C)C1(C)C.[Na+]. The van der Waals surface area contributed by atoms with Crippen LogP contribution in [0.1, 0.15) is 67.0 Å². The first-order valence-corrected chi connectivity index (χ1v) is 9.61. The van der Waals surface area contributed by atoms with Crippen LogP contribution in [-0.2, 0) is 4.84 Å². The molecule has 3 rings (SSSR count). The third kappa shape index (κ3) is 4.39. The molecule has 142 valence electrons. The van der Waals surface area contributed by atoms with Gasteiger partial charge in [0.1, 0.15) is 5.60 Å². The molecule has 3 heterocycles. The molecular weight excluding hydrogens is 335 g/mol. The first-order valence-electron chi connectivity index (χ1n) is 9.61. The smallest absolute Gasteiger partial charge is 0.659 e. The minimum Gasteiger partial charge on any atom is -0.659 e. The topological polar surface area (TPSA) is 42.7 Å². The third-order valence-corrected chi connectivity index (χ3v) is 5.37. The van der Waals surface area contributed by atoms with Crippen LogP contribution in [0.3, 0.4) is 0 Å². The van der Waals surface area contributed by atoms with Gasteiger partial charge < -0.3 is 10.2 Å². The van der Waals surface area contributed by atoms with E-state index >= 15 is 0 Å². The molecule has 0 saturated carbocycles. The summed E-state index contributed by atoms with van der Waals surface area (Å²) >= 11 is 0. The molecule has 2 fully saturated rings. The molecule has 0 bridgehead atoms. The molecule has 0 N–H and O–H groups in total. The minimum absolute atomic E-state index is 0. The van der Waals surface area contributed by atoms with E-state index in [9.17, 15) is 0 Å². The van der Waals surface area contributed by atoms with Crippen molar-refractivity contribution >= 4 is 11.4 Å². The average Bonchev–Trinajstić information content (AvgIpc) is 2.61. The maximum atomic E-state index is 6.12. The second kappa shape index (κ2) is 9.24. The van der Waals surface area contributed by atoms with Gasteiger partial charge in [-0.1, -0.05) is 27.7 Å². The molecular formula is C20H35N4NaO. The van der Waals surface area contributed by atoms with E-state index in [0.717, 1.165) is 37.6 Å². The van der Waals surface area contributed by atoms with Crippen molar-refractivity contribution in [1.29, 1.82) is 0 Å². The molecule has 0 spiro atoms. The Morgan fingerprint density at radius 3 is 2.15 bits per heavy atom. The van der Waals surface area contributed by atoms with Crippen molar-refractivity contribution in [3.63, 3.8) is 0 Å². The van der Waals surface area contributed by atoms with Crippen LogP contribution < -0.4 is 39.5 Å². The standard InChI is InChI=1S/C18H29N4O.C2H6.Na/c1-13(2)16-15(22-17(3,4)18(5,6)23-22)11-14(12-20-16)21-9-7-19-8-10-21;1-2;/h11-13H,7-10H2,1-6H3;1-2H3;/q-1;;+1. The van der Waals surface area contributed by atoms with Gasteiger partial charge in [0, 0.05) is 0 Å². The zero-order chi connectivity index (χ0) is 18.8. The van der Waals surface area contributed by atoms with Crippen molar-refractivity contribution in [3.8, 4) is 0 Å². The van der Waals surface area contributed by atoms with Gasteiger partial charge in [-0.25, -0.2) is 5.06 Å². The van der Waals surface area contributed by atoms with E-state index in [1.54, 1.807) is 0 Å². The number of hydroxylamine groups is 1. The van der Waals surface area contributed by atoms with Gasteiger partial charge in [0.25, 0.3) is 0 Å². The molecule has 2 aliphatic rings. The summed E-state index contributed by atoms with van der Waals surface area (Å²) in [6.07, 6.45) is 2.00. The molecule has 0 amide bonds. The molecule has 5 nitrogen and oxygen atoms in total. The van der Waals surface area contributed by atoms with Gasteiger partial charge in [-0.2, -0.15) is 0 Å². The van der Waals surface area contributed by atoms with Crippen molar-refractivity contribution in [2.24, 2.45) is 0 Å². The predicted molar refractivity (Wildman–Crippen MR) is 107 cm³/mol. The molecule has 6 heteroatoms. The Bertz CT molecular complexity index is 583. The summed E-state index contributed by atoms with van der Waals surface area (Å²) in [4.78, 5) is 13.3. The van der Waals surface area contributed by atoms with Gasteiger partial charge in [0.15, 0.2) is 0 Å². The zero-order valence-corrected chi connectivity index (χ0v) is 20.3. The number of anilines is 2. The number of nitrogens with zero attached hydrogens (tertiary/aromatic N) is 4. The second-order valence-electron chi connectivity index (χ2n) is 7.87. The molecule has 2 saturated heterocycles. The second-order valence-corrected chi connectivity index (χ2v) is 7.87. The molecule has 26 heavy (non-hydrogen) atoms. The number of pyridine rings is 1. The van der Waals surface area contributed by atoms with Crippen LogP contribution in [-0.4, -0.2) is 42.3 Å². The summed E-state index contributed by atoms with van der Waals surface area (Å²) in [5, 5.41) is 6.48. The Labute approximate surface area is 182 Å². The van der Waals surface area contributed by atoms with Crippen LogP contribution in [0.25, 0.3) is 5.32 Å². The normalized spacial score (nSPS) is 20.7. The monoisotopic (exact) mass is 370 g/mol. The van der Waals surface area contributed by atoms with Gasteiger partial charge in [-0.15, -0.1) is 13.1 Å². The third-order valence-electron chi connectivity index (χ3n) is 5.37. The van der Waals surface area contributed by atoms with Crippen molar-refractivity contribution < 1.29 is 34.4 Å². The van der Waals surface area contributed by atoms with E-state index in [2.05, 4.69) is 57.8 Å². The first kappa shape index (κ1) is 23.7. The van der Waals surface area contributed by atoms with E-state index in [0.29, 0.717) is 5.92 Å². The zero-order valence-electron chi connectivity index (χ0n) is 18.3. The summed E-state index contributed by atoms with van der Waals surface area (Å²) in [6.45, 7) is 20.9. The number of aromatic nitrogens is 1. The van der Waals surface area contributed by atoms with Crippen LogP contribution in [0.5, 0.6) is 0 Å². The quantitative estimate of drug-likeness (QED) is 0.760. The van der Waals surface area contributed by atoms with E-state index in [1.807, 2.05) is 25.1 Å². The largest absolute Gasteiger partial charge is 1.00 e. The number of hydrogen-bond acceptors (Lipinski definition) is 4. The Kier molecular flexibility index (Phi) is 8.43. The number of hydrogen-bond donors (Lipinski definition) is 0. The maximum absolute atomic E-state index is 6.12. The van der Waals surface area contributed by atoms with Crippen molar-refractivity contribution in [3.05, 3.63) is 23.3 Å². The molecule has 0 aromatic carbocycles. The average molecular weight is 371 g/mol. The number of rotatable bonds is 3. The Morgan fingerprint density at radius 1 is 1.12 bits per heavy atom. The molecule has 1 aromatic heterocycles. The molecule has 1 aromatic rings. The van der Waals surface area contributed by atoms with E-state index in [-0.39, 0.29) is 40.7 Å². The molecule has 0 aliphatic carbocycles. The van der Waals surface area contributed by atoms with E-state index < -0.39 is 0 Å². The Morgan fingerprint density at radius 2 is 1.69 bits per heavy atom. The van der Waals surface area contributed by atoms with Gasteiger partial charge in [0.05, 0.1) is 28.8 Å². The fraction of sp³-hybridized carbons (Fsp3) is 0.750. The van der Waals surface area contributed by atoms with Crippen LogP contribution in [0, 0.1) is 0 Å². The Balaban J connectivity index is 0.00000109. The molecule has 0 atom stereocenters. The van der Waals surface area contributed by atoms with Gasteiger partial charge >= 0.3 is 29.6 Å². The molecule has 2 aliphatic heterocycles. The maximum Gasteiger partial charge on any atom is 1.00 e. The van der Waals surface area contributed by atoms with Gasteiger partial charge in [-0.05, 0) is 52.8 Å². The fourth-order valence-electron chi connectivity index (χ4n) is 3.11. The summed E-state index contributed by atoms with van der Waals surface area (Å²) in [5.41, 5.74) is 3.14. The number of piperazine rings is 1. The predicted octanol–water partition coefficient (Wildman–Crippen LogP) is 1.74. The van der Waals surface area contributed by atoms with Crippen molar-refractivity contribution in [2.45, 2.75) is 72.4 Å². The van der Waals surface area contributed by atoms with Gasteiger partial charge in [0.2, 0.25) is 0 Å². The minimum atomic E-state index is -0.165. The summed E-state index contributed by atoms with van der Waals surface area (Å²) in [7, 11) is 0. The van der Waals surface area contributed by atoms with Crippen LogP contribution in [0.15, 0.2) is 12.3 Å². The summed E-state index contributed by atoms with van der Waals surface area (Å²) < 4.78 is 0. The van der Waals surface area contributed by atoms with Gasteiger partial charge in [-0.3, -0.25) is 9.82 Å². The summed E-state index contributed by atoms with van der Waals surface area (Å²) in [5.74, 6) is 0.360. The van der Waals surface area contributed by atoms with E-state index in [1.165, 1.54) is 5.69 Å². The van der Waals surface area contributed by atoms with E-state index in [4.69, 9.17) is 9.82 Å².